The zero-order valence-corrected chi connectivity index (χ0v) is 8.84. The third kappa shape index (κ3) is 2.99. The van der Waals surface area contributed by atoms with E-state index in [1.807, 2.05) is 0 Å². The summed E-state index contributed by atoms with van der Waals surface area (Å²) in [6.07, 6.45) is -0.0409. The van der Waals surface area contributed by atoms with Crippen LogP contribution in [0.1, 0.15) is 6.42 Å². The summed E-state index contributed by atoms with van der Waals surface area (Å²) in [5.41, 5.74) is 0.300. The summed E-state index contributed by atoms with van der Waals surface area (Å²) in [6, 6.07) is 4.57. The summed E-state index contributed by atoms with van der Waals surface area (Å²) < 4.78 is 13.7. The molecule has 0 bridgehead atoms. The van der Waals surface area contributed by atoms with Crippen LogP contribution >= 0.6 is 15.9 Å². The summed E-state index contributed by atoms with van der Waals surface area (Å²) in [4.78, 5) is 10.2. The van der Waals surface area contributed by atoms with Crippen LogP contribution < -0.4 is 5.32 Å². The SMILES string of the molecule is O=C(O)CCNc1c(F)cccc1Br. The maximum atomic E-state index is 13.1. The second kappa shape index (κ2) is 4.95. The van der Waals surface area contributed by atoms with Gasteiger partial charge in [0.1, 0.15) is 5.82 Å². The molecule has 0 atom stereocenters. The van der Waals surface area contributed by atoms with Crippen LogP contribution in [0.4, 0.5) is 10.1 Å². The molecular weight excluding hydrogens is 253 g/mol. The Morgan fingerprint density at radius 2 is 2.29 bits per heavy atom. The zero-order valence-electron chi connectivity index (χ0n) is 7.26. The number of aliphatic carboxylic acids is 1. The van der Waals surface area contributed by atoms with Gasteiger partial charge in [0.2, 0.25) is 0 Å². The van der Waals surface area contributed by atoms with Crippen molar-refractivity contribution < 1.29 is 14.3 Å². The highest BCUT2D eigenvalue weighted by atomic mass is 79.9. The normalized spacial score (nSPS) is 9.86. The lowest BCUT2D eigenvalue weighted by atomic mass is 10.3. The Kier molecular flexibility index (Phi) is 3.88. The van der Waals surface area contributed by atoms with Crippen LogP contribution in [0.2, 0.25) is 0 Å². The van der Waals surface area contributed by atoms with E-state index in [0.717, 1.165) is 0 Å². The van der Waals surface area contributed by atoms with Crippen LogP contribution in [0.5, 0.6) is 0 Å². The van der Waals surface area contributed by atoms with E-state index < -0.39 is 11.8 Å². The van der Waals surface area contributed by atoms with E-state index in [0.29, 0.717) is 10.2 Å². The first kappa shape index (κ1) is 11.0. The van der Waals surface area contributed by atoms with Crippen molar-refractivity contribution in [2.45, 2.75) is 6.42 Å². The Morgan fingerprint density at radius 1 is 1.57 bits per heavy atom. The maximum absolute atomic E-state index is 13.1. The average Bonchev–Trinajstić information content (AvgIpc) is 2.09. The molecule has 0 unspecified atom stereocenters. The van der Waals surface area contributed by atoms with Crippen LogP contribution in [0.25, 0.3) is 0 Å². The van der Waals surface area contributed by atoms with Crippen molar-refractivity contribution in [3.63, 3.8) is 0 Å². The molecule has 0 radical (unpaired) electrons. The van der Waals surface area contributed by atoms with Gasteiger partial charge in [0, 0.05) is 11.0 Å². The molecule has 14 heavy (non-hydrogen) atoms. The molecule has 0 amide bonds. The van der Waals surface area contributed by atoms with Crippen molar-refractivity contribution in [2.24, 2.45) is 0 Å². The van der Waals surface area contributed by atoms with Gasteiger partial charge in [-0.15, -0.1) is 0 Å². The molecule has 1 rings (SSSR count). The fraction of sp³-hybridized carbons (Fsp3) is 0.222. The molecule has 76 valence electrons. The minimum Gasteiger partial charge on any atom is -0.481 e. The number of carboxylic acid groups (broad SMARTS) is 1. The minimum atomic E-state index is -0.912. The van der Waals surface area contributed by atoms with E-state index in [2.05, 4.69) is 21.2 Å². The van der Waals surface area contributed by atoms with Crippen LogP contribution in [0.3, 0.4) is 0 Å². The molecule has 0 aliphatic carbocycles. The maximum Gasteiger partial charge on any atom is 0.305 e. The van der Waals surface area contributed by atoms with Gasteiger partial charge >= 0.3 is 5.97 Å². The van der Waals surface area contributed by atoms with E-state index >= 15 is 0 Å². The standard InChI is InChI=1S/C9H9BrFNO2/c10-6-2-1-3-7(11)9(6)12-5-4-8(13)14/h1-3,12H,4-5H2,(H,13,14). The Morgan fingerprint density at radius 3 is 2.86 bits per heavy atom. The first-order chi connectivity index (χ1) is 6.61. The van der Waals surface area contributed by atoms with Crippen LogP contribution in [0.15, 0.2) is 22.7 Å². The molecule has 0 aromatic heterocycles. The van der Waals surface area contributed by atoms with Crippen molar-refractivity contribution in [3.8, 4) is 0 Å². The summed E-state index contributed by atoms with van der Waals surface area (Å²) in [7, 11) is 0. The fourth-order valence-corrected chi connectivity index (χ4v) is 1.44. The number of carbonyl (C=O) groups is 1. The van der Waals surface area contributed by atoms with Gasteiger partial charge in [-0.05, 0) is 28.1 Å². The Labute approximate surface area is 89.1 Å². The van der Waals surface area contributed by atoms with Gasteiger partial charge < -0.3 is 10.4 Å². The minimum absolute atomic E-state index is 0.0409. The van der Waals surface area contributed by atoms with Gasteiger partial charge in [0.25, 0.3) is 0 Å². The number of rotatable bonds is 4. The highest BCUT2D eigenvalue weighted by Gasteiger charge is 2.05. The van der Waals surface area contributed by atoms with E-state index in [1.165, 1.54) is 6.07 Å². The third-order valence-corrected chi connectivity index (χ3v) is 2.26. The topological polar surface area (TPSA) is 49.3 Å². The van der Waals surface area contributed by atoms with E-state index in [-0.39, 0.29) is 13.0 Å². The van der Waals surface area contributed by atoms with Crippen molar-refractivity contribution in [1.82, 2.24) is 0 Å². The Balaban J connectivity index is 2.62. The number of carboxylic acids is 1. The Hall–Kier alpha value is -1.10. The van der Waals surface area contributed by atoms with Gasteiger partial charge in [0.05, 0.1) is 12.1 Å². The molecule has 3 nitrogen and oxygen atoms in total. The number of hydrogen-bond acceptors (Lipinski definition) is 2. The van der Waals surface area contributed by atoms with Gasteiger partial charge in [-0.25, -0.2) is 4.39 Å². The lowest BCUT2D eigenvalue weighted by molar-refractivity contribution is -0.136. The number of nitrogens with one attached hydrogen (secondary N) is 1. The number of para-hydroxylation sites is 1. The van der Waals surface area contributed by atoms with E-state index in [1.54, 1.807) is 12.1 Å². The smallest absolute Gasteiger partial charge is 0.305 e. The summed E-state index contributed by atoms with van der Waals surface area (Å²) >= 11 is 3.16. The third-order valence-electron chi connectivity index (χ3n) is 1.60. The summed E-state index contributed by atoms with van der Waals surface area (Å²) in [5.74, 6) is -1.31. The van der Waals surface area contributed by atoms with Gasteiger partial charge in [0.15, 0.2) is 0 Å². The highest BCUT2D eigenvalue weighted by Crippen LogP contribution is 2.24. The summed E-state index contributed by atoms with van der Waals surface area (Å²) in [5, 5.41) is 11.1. The zero-order chi connectivity index (χ0) is 10.6. The van der Waals surface area contributed by atoms with Crippen molar-refractivity contribution in [1.29, 1.82) is 0 Å². The predicted molar refractivity (Wildman–Crippen MR) is 54.8 cm³/mol. The van der Waals surface area contributed by atoms with E-state index in [9.17, 15) is 9.18 Å². The molecule has 1 aromatic carbocycles. The average molecular weight is 262 g/mol. The summed E-state index contributed by atoms with van der Waals surface area (Å²) in [6.45, 7) is 0.203. The molecular formula is C9H9BrFNO2. The number of benzene rings is 1. The van der Waals surface area contributed by atoms with Gasteiger partial charge in [-0.1, -0.05) is 6.07 Å². The molecule has 5 heteroatoms. The van der Waals surface area contributed by atoms with Gasteiger partial charge in [-0.3, -0.25) is 4.79 Å². The quantitative estimate of drug-likeness (QED) is 0.876. The molecule has 0 spiro atoms. The molecule has 0 saturated carbocycles. The lowest BCUT2D eigenvalue weighted by Gasteiger charge is -2.07. The number of hydrogen-bond donors (Lipinski definition) is 2. The van der Waals surface area contributed by atoms with E-state index in [4.69, 9.17) is 5.11 Å². The second-order valence-electron chi connectivity index (χ2n) is 2.67. The van der Waals surface area contributed by atoms with Crippen LogP contribution in [-0.4, -0.2) is 17.6 Å². The first-order valence-electron chi connectivity index (χ1n) is 4.01. The number of anilines is 1. The Bertz CT molecular complexity index is 323. The van der Waals surface area contributed by atoms with Crippen molar-refractivity contribution in [2.75, 3.05) is 11.9 Å². The van der Waals surface area contributed by atoms with Crippen molar-refractivity contribution in [3.05, 3.63) is 28.5 Å². The number of halogens is 2. The molecule has 2 N–H and O–H groups in total. The second-order valence-corrected chi connectivity index (χ2v) is 3.52. The molecule has 0 fully saturated rings. The molecule has 1 aromatic rings. The van der Waals surface area contributed by atoms with Crippen LogP contribution in [-0.2, 0) is 4.79 Å². The van der Waals surface area contributed by atoms with Crippen molar-refractivity contribution >= 4 is 27.6 Å². The lowest BCUT2D eigenvalue weighted by Crippen LogP contribution is -2.08. The molecule has 0 aliphatic heterocycles. The molecule has 0 aliphatic rings. The fourth-order valence-electron chi connectivity index (χ4n) is 0.961. The first-order valence-corrected chi connectivity index (χ1v) is 4.80. The molecule has 0 saturated heterocycles. The predicted octanol–water partition coefficient (Wildman–Crippen LogP) is 2.47. The van der Waals surface area contributed by atoms with Crippen LogP contribution in [0, 0.1) is 5.82 Å². The monoisotopic (exact) mass is 261 g/mol. The largest absolute Gasteiger partial charge is 0.481 e. The highest BCUT2D eigenvalue weighted by molar-refractivity contribution is 9.10. The molecule has 0 heterocycles. The van der Waals surface area contributed by atoms with Gasteiger partial charge in [-0.2, -0.15) is 0 Å².